The van der Waals surface area contributed by atoms with E-state index in [4.69, 9.17) is 14.2 Å². The lowest BCUT2D eigenvalue weighted by Gasteiger charge is -2.15. The first-order valence-electron chi connectivity index (χ1n) is 8.35. The second kappa shape index (κ2) is 8.26. The lowest BCUT2D eigenvalue weighted by atomic mass is 10.2. The van der Waals surface area contributed by atoms with Gasteiger partial charge in [-0.05, 0) is 37.3 Å². The highest BCUT2D eigenvalue weighted by Gasteiger charge is 2.22. The van der Waals surface area contributed by atoms with Crippen molar-refractivity contribution in [3.63, 3.8) is 0 Å². The molecule has 1 unspecified atom stereocenters. The molecule has 1 atom stereocenters. The van der Waals surface area contributed by atoms with Gasteiger partial charge in [0.25, 0.3) is 5.91 Å². The molecule has 8 heteroatoms. The maximum atomic E-state index is 13.8. The Morgan fingerprint density at radius 3 is 2.57 bits per heavy atom. The van der Waals surface area contributed by atoms with Crippen LogP contribution in [0, 0.1) is 5.82 Å². The minimum Gasteiger partial charge on any atom is -0.497 e. The predicted molar refractivity (Wildman–Crippen MR) is 105 cm³/mol. The number of carbonyl (C=O) groups is 2. The fraction of sp³-hybridized carbons (Fsp3) is 0.200. The van der Waals surface area contributed by atoms with Crippen LogP contribution in [0.5, 0.6) is 11.5 Å². The maximum Gasteiger partial charge on any atom is 0.349 e. The van der Waals surface area contributed by atoms with Gasteiger partial charge < -0.3 is 19.5 Å². The van der Waals surface area contributed by atoms with Crippen LogP contribution in [-0.4, -0.2) is 32.2 Å². The van der Waals surface area contributed by atoms with Gasteiger partial charge in [0, 0.05) is 16.2 Å². The van der Waals surface area contributed by atoms with Gasteiger partial charge in [-0.25, -0.2) is 9.18 Å². The molecule has 1 amide bonds. The third-order valence-electron chi connectivity index (χ3n) is 4.03. The van der Waals surface area contributed by atoms with Crippen molar-refractivity contribution in [1.82, 2.24) is 0 Å². The number of carbonyl (C=O) groups excluding carboxylic acids is 2. The third-order valence-corrected chi connectivity index (χ3v) is 5.11. The van der Waals surface area contributed by atoms with Crippen molar-refractivity contribution < 1.29 is 28.2 Å². The molecular weight excluding hydrogens is 385 g/mol. The van der Waals surface area contributed by atoms with Crippen molar-refractivity contribution in [1.29, 1.82) is 0 Å². The van der Waals surface area contributed by atoms with Crippen molar-refractivity contribution in [2.45, 2.75) is 13.0 Å². The lowest BCUT2D eigenvalue weighted by molar-refractivity contribution is -0.123. The Hall–Kier alpha value is -3.13. The molecule has 1 heterocycles. The number of fused-ring (bicyclic) bond motifs is 1. The zero-order valence-corrected chi connectivity index (χ0v) is 16.3. The van der Waals surface area contributed by atoms with Crippen LogP contribution in [0.4, 0.5) is 10.1 Å². The number of thiophene rings is 1. The maximum absolute atomic E-state index is 13.8. The normalized spacial score (nSPS) is 11.7. The number of benzene rings is 2. The molecule has 0 radical (unpaired) electrons. The molecular formula is C20H18FNO5S. The van der Waals surface area contributed by atoms with Crippen LogP contribution in [0.3, 0.4) is 0 Å². The smallest absolute Gasteiger partial charge is 0.349 e. The Balaban J connectivity index is 1.71. The number of methoxy groups -OCH3 is 2. The summed E-state index contributed by atoms with van der Waals surface area (Å²) >= 11 is 1.11. The van der Waals surface area contributed by atoms with Gasteiger partial charge in [0.1, 0.15) is 22.2 Å². The van der Waals surface area contributed by atoms with Crippen LogP contribution < -0.4 is 14.8 Å². The summed E-state index contributed by atoms with van der Waals surface area (Å²) < 4.78 is 30.0. The number of esters is 1. The van der Waals surface area contributed by atoms with Gasteiger partial charge in [-0.3, -0.25) is 4.79 Å². The molecule has 1 aromatic heterocycles. The van der Waals surface area contributed by atoms with E-state index >= 15 is 0 Å². The van der Waals surface area contributed by atoms with Gasteiger partial charge in [0.05, 0.1) is 19.9 Å². The van der Waals surface area contributed by atoms with E-state index in [0.717, 1.165) is 11.3 Å². The number of hydrogen-bond acceptors (Lipinski definition) is 6. The molecule has 0 saturated heterocycles. The molecule has 6 nitrogen and oxygen atoms in total. The summed E-state index contributed by atoms with van der Waals surface area (Å²) in [7, 11) is 2.98. The first-order chi connectivity index (χ1) is 13.4. The molecule has 0 fully saturated rings. The Kier molecular flexibility index (Phi) is 5.79. The first-order valence-corrected chi connectivity index (χ1v) is 9.16. The SMILES string of the molecule is COc1ccc(OC)c(NC(=O)C(C)OC(=O)c2cc3c(F)cccc3s2)c1. The van der Waals surface area contributed by atoms with Crippen LogP contribution in [0.25, 0.3) is 10.1 Å². The Bertz CT molecular complexity index is 1030. The largest absolute Gasteiger partial charge is 0.497 e. The van der Waals surface area contributed by atoms with Gasteiger partial charge >= 0.3 is 5.97 Å². The Labute approximate surface area is 164 Å². The van der Waals surface area contributed by atoms with Crippen molar-refractivity contribution in [3.8, 4) is 11.5 Å². The molecule has 0 spiro atoms. The van der Waals surface area contributed by atoms with E-state index in [0.29, 0.717) is 27.3 Å². The van der Waals surface area contributed by atoms with E-state index in [1.54, 1.807) is 30.3 Å². The van der Waals surface area contributed by atoms with E-state index in [1.807, 2.05) is 0 Å². The number of nitrogens with one attached hydrogen (secondary N) is 1. The fourth-order valence-corrected chi connectivity index (χ4v) is 3.50. The summed E-state index contributed by atoms with van der Waals surface area (Å²) in [5.74, 6) is -0.669. The van der Waals surface area contributed by atoms with Gasteiger partial charge in [-0.2, -0.15) is 0 Å². The van der Waals surface area contributed by atoms with Crippen LogP contribution >= 0.6 is 11.3 Å². The zero-order chi connectivity index (χ0) is 20.3. The summed E-state index contributed by atoms with van der Waals surface area (Å²) in [4.78, 5) is 25.0. The molecule has 28 heavy (non-hydrogen) atoms. The van der Waals surface area contributed by atoms with Crippen LogP contribution in [-0.2, 0) is 9.53 Å². The number of halogens is 1. The standard InChI is InChI=1S/C20H18FNO5S/c1-11(19(23)22-15-9-12(25-2)7-8-16(15)26-3)27-20(24)18-10-13-14(21)5-4-6-17(13)28-18/h4-11H,1-3H3,(H,22,23). The lowest BCUT2D eigenvalue weighted by Crippen LogP contribution is -2.30. The van der Waals surface area contributed by atoms with E-state index in [9.17, 15) is 14.0 Å². The van der Waals surface area contributed by atoms with Crippen molar-refractivity contribution in [3.05, 3.63) is 53.2 Å². The fourth-order valence-electron chi connectivity index (χ4n) is 2.54. The van der Waals surface area contributed by atoms with Crippen molar-refractivity contribution >= 4 is 39.0 Å². The molecule has 0 aliphatic carbocycles. The predicted octanol–water partition coefficient (Wildman–Crippen LogP) is 4.24. The van der Waals surface area contributed by atoms with Gasteiger partial charge in [0.15, 0.2) is 6.10 Å². The third kappa shape index (κ3) is 4.07. The summed E-state index contributed by atoms with van der Waals surface area (Å²) in [6.45, 7) is 1.45. The van der Waals surface area contributed by atoms with Crippen molar-refractivity contribution in [2.24, 2.45) is 0 Å². The van der Waals surface area contributed by atoms with E-state index in [1.165, 1.54) is 33.3 Å². The van der Waals surface area contributed by atoms with E-state index in [-0.39, 0.29) is 4.88 Å². The Morgan fingerprint density at radius 2 is 1.89 bits per heavy atom. The highest BCUT2D eigenvalue weighted by molar-refractivity contribution is 7.20. The van der Waals surface area contributed by atoms with Gasteiger partial charge in [-0.1, -0.05) is 6.07 Å². The molecule has 3 aromatic rings. The zero-order valence-electron chi connectivity index (χ0n) is 15.4. The molecule has 1 N–H and O–H groups in total. The quantitative estimate of drug-likeness (QED) is 0.623. The summed E-state index contributed by atoms with van der Waals surface area (Å²) in [5, 5.41) is 3.00. The monoisotopic (exact) mass is 403 g/mol. The number of ether oxygens (including phenoxy) is 3. The second-order valence-electron chi connectivity index (χ2n) is 5.87. The molecule has 2 aromatic carbocycles. The number of rotatable bonds is 6. The highest BCUT2D eigenvalue weighted by atomic mass is 32.1. The molecule has 0 saturated carbocycles. The topological polar surface area (TPSA) is 73.9 Å². The number of anilines is 1. The minimum absolute atomic E-state index is 0.221. The molecule has 3 rings (SSSR count). The molecule has 146 valence electrons. The minimum atomic E-state index is -1.07. The van der Waals surface area contributed by atoms with Gasteiger partial charge in [0.2, 0.25) is 0 Å². The number of hydrogen-bond donors (Lipinski definition) is 1. The number of amides is 1. The Morgan fingerprint density at radius 1 is 1.11 bits per heavy atom. The first kappa shape index (κ1) is 19.6. The van der Waals surface area contributed by atoms with E-state index < -0.39 is 23.8 Å². The van der Waals surface area contributed by atoms with Gasteiger partial charge in [-0.15, -0.1) is 11.3 Å². The molecule has 0 aliphatic heterocycles. The molecule has 0 aliphatic rings. The van der Waals surface area contributed by atoms with Crippen LogP contribution in [0.15, 0.2) is 42.5 Å². The molecule has 0 bridgehead atoms. The summed E-state index contributed by atoms with van der Waals surface area (Å²) in [6, 6.07) is 11.0. The highest BCUT2D eigenvalue weighted by Crippen LogP contribution is 2.30. The average molecular weight is 403 g/mol. The average Bonchev–Trinajstić information content (AvgIpc) is 3.13. The second-order valence-corrected chi connectivity index (χ2v) is 6.95. The summed E-state index contributed by atoms with van der Waals surface area (Å²) in [5.41, 5.74) is 0.388. The van der Waals surface area contributed by atoms with Crippen LogP contribution in [0.1, 0.15) is 16.6 Å². The van der Waals surface area contributed by atoms with Crippen LogP contribution in [0.2, 0.25) is 0 Å². The van der Waals surface area contributed by atoms with E-state index in [2.05, 4.69) is 5.32 Å². The van der Waals surface area contributed by atoms with Crippen molar-refractivity contribution in [2.75, 3.05) is 19.5 Å². The summed E-state index contributed by atoms with van der Waals surface area (Å²) in [6.07, 6.45) is -1.07.